The van der Waals surface area contributed by atoms with Crippen molar-refractivity contribution in [2.24, 2.45) is 0 Å². The third-order valence-corrected chi connectivity index (χ3v) is 2.56. The molecule has 1 heterocycles. The van der Waals surface area contributed by atoms with E-state index in [1.54, 1.807) is 19.1 Å². The standard InChI is InChI=1S/C9H5Cl3N2O/c1-4-13-9(15-14-4)8-6(11)2-5(10)3-7(8)12/h2-3H,1H3. The van der Waals surface area contributed by atoms with Gasteiger partial charge in [0.25, 0.3) is 5.89 Å². The Bertz CT molecular complexity index is 487. The lowest BCUT2D eigenvalue weighted by Gasteiger charge is -2.02. The first-order valence-electron chi connectivity index (χ1n) is 4.03. The molecule has 0 aliphatic rings. The minimum atomic E-state index is 0.291. The van der Waals surface area contributed by atoms with Crippen molar-refractivity contribution in [3.63, 3.8) is 0 Å². The van der Waals surface area contributed by atoms with Crippen molar-refractivity contribution >= 4 is 34.8 Å². The van der Waals surface area contributed by atoms with Crippen molar-refractivity contribution in [2.45, 2.75) is 6.92 Å². The molecule has 0 fully saturated rings. The predicted octanol–water partition coefficient (Wildman–Crippen LogP) is 4.01. The number of halogens is 3. The maximum absolute atomic E-state index is 5.98. The van der Waals surface area contributed by atoms with Gasteiger partial charge in [-0.15, -0.1) is 0 Å². The van der Waals surface area contributed by atoms with E-state index in [1.807, 2.05) is 0 Å². The zero-order valence-corrected chi connectivity index (χ0v) is 9.86. The molecule has 0 aliphatic heterocycles. The van der Waals surface area contributed by atoms with Crippen molar-refractivity contribution in [1.29, 1.82) is 0 Å². The molecule has 0 bridgehead atoms. The average molecular weight is 264 g/mol. The molecule has 0 atom stereocenters. The second-order valence-corrected chi connectivity index (χ2v) is 4.14. The molecule has 78 valence electrons. The molecule has 2 aromatic rings. The van der Waals surface area contributed by atoms with Crippen molar-refractivity contribution in [1.82, 2.24) is 10.1 Å². The Balaban J connectivity index is 2.62. The SMILES string of the molecule is Cc1noc(-c2c(Cl)cc(Cl)cc2Cl)n1. The summed E-state index contributed by atoms with van der Waals surface area (Å²) in [6.07, 6.45) is 0. The lowest BCUT2D eigenvalue weighted by atomic mass is 10.2. The highest BCUT2D eigenvalue weighted by molar-refractivity contribution is 6.41. The van der Waals surface area contributed by atoms with Crippen LogP contribution in [0.2, 0.25) is 15.1 Å². The molecule has 6 heteroatoms. The number of aromatic nitrogens is 2. The minimum absolute atomic E-state index is 0.291. The van der Waals surface area contributed by atoms with Gasteiger partial charge in [0, 0.05) is 5.02 Å². The molecular weight excluding hydrogens is 258 g/mol. The van der Waals surface area contributed by atoms with E-state index in [4.69, 9.17) is 39.3 Å². The van der Waals surface area contributed by atoms with Crippen LogP contribution >= 0.6 is 34.8 Å². The molecule has 1 aromatic carbocycles. The summed E-state index contributed by atoms with van der Waals surface area (Å²) in [6, 6.07) is 3.15. The van der Waals surface area contributed by atoms with Crippen LogP contribution in [-0.2, 0) is 0 Å². The summed E-state index contributed by atoms with van der Waals surface area (Å²) in [7, 11) is 0. The van der Waals surface area contributed by atoms with Crippen LogP contribution in [0.3, 0.4) is 0 Å². The number of nitrogens with zero attached hydrogens (tertiary/aromatic N) is 2. The fraction of sp³-hybridized carbons (Fsp3) is 0.111. The van der Waals surface area contributed by atoms with Crippen LogP contribution in [0, 0.1) is 6.92 Å². The largest absolute Gasteiger partial charge is 0.334 e. The van der Waals surface area contributed by atoms with Gasteiger partial charge < -0.3 is 4.52 Å². The van der Waals surface area contributed by atoms with E-state index in [-0.39, 0.29) is 0 Å². The highest BCUT2D eigenvalue weighted by Crippen LogP contribution is 2.36. The van der Waals surface area contributed by atoms with Crippen molar-refractivity contribution < 1.29 is 4.52 Å². The Morgan fingerprint density at radius 2 is 1.73 bits per heavy atom. The van der Waals surface area contributed by atoms with Crippen LogP contribution in [-0.4, -0.2) is 10.1 Å². The quantitative estimate of drug-likeness (QED) is 0.780. The van der Waals surface area contributed by atoms with E-state index in [0.717, 1.165) is 0 Å². The van der Waals surface area contributed by atoms with Gasteiger partial charge in [-0.1, -0.05) is 40.0 Å². The van der Waals surface area contributed by atoms with Crippen LogP contribution in [0.15, 0.2) is 16.7 Å². The summed E-state index contributed by atoms with van der Waals surface area (Å²) in [5.74, 6) is 0.811. The van der Waals surface area contributed by atoms with E-state index in [1.165, 1.54) is 0 Å². The van der Waals surface area contributed by atoms with Gasteiger partial charge in [0.2, 0.25) is 0 Å². The van der Waals surface area contributed by atoms with E-state index in [2.05, 4.69) is 10.1 Å². The lowest BCUT2D eigenvalue weighted by molar-refractivity contribution is 0.425. The first-order chi connectivity index (χ1) is 7.08. The second-order valence-electron chi connectivity index (χ2n) is 2.89. The molecule has 0 N–H and O–H groups in total. The molecule has 0 radical (unpaired) electrons. The third-order valence-electron chi connectivity index (χ3n) is 1.75. The fourth-order valence-corrected chi connectivity index (χ4v) is 2.12. The second kappa shape index (κ2) is 4.00. The summed E-state index contributed by atoms with van der Waals surface area (Å²) in [5, 5.41) is 4.89. The molecule has 0 saturated heterocycles. The zero-order valence-electron chi connectivity index (χ0n) is 7.59. The Hall–Kier alpha value is -0.770. The molecule has 0 aliphatic carbocycles. The summed E-state index contributed by atoms with van der Waals surface area (Å²) in [5.41, 5.74) is 0.503. The Kier molecular flexibility index (Phi) is 2.87. The maximum Gasteiger partial charge on any atom is 0.260 e. The molecule has 0 spiro atoms. The smallest absolute Gasteiger partial charge is 0.260 e. The summed E-state index contributed by atoms with van der Waals surface area (Å²) in [4.78, 5) is 4.04. The Morgan fingerprint density at radius 3 is 2.20 bits per heavy atom. The van der Waals surface area contributed by atoms with Crippen molar-refractivity contribution in [2.75, 3.05) is 0 Å². The number of rotatable bonds is 1. The van der Waals surface area contributed by atoms with Gasteiger partial charge in [-0.3, -0.25) is 0 Å². The first-order valence-corrected chi connectivity index (χ1v) is 5.16. The van der Waals surface area contributed by atoms with E-state index in [9.17, 15) is 0 Å². The van der Waals surface area contributed by atoms with Crippen LogP contribution < -0.4 is 0 Å². The molecule has 1 aromatic heterocycles. The fourth-order valence-electron chi connectivity index (χ4n) is 1.15. The number of hydrogen-bond donors (Lipinski definition) is 0. The average Bonchev–Trinajstić information content (AvgIpc) is 2.49. The molecule has 0 saturated carbocycles. The topological polar surface area (TPSA) is 38.9 Å². The van der Waals surface area contributed by atoms with E-state index < -0.39 is 0 Å². The maximum atomic E-state index is 5.98. The Labute approximate surface area is 101 Å². The number of aryl methyl sites for hydroxylation is 1. The summed E-state index contributed by atoms with van der Waals surface area (Å²) in [6.45, 7) is 1.71. The van der Waals surface area contributed by atoms with Crippen LogP contribution in [0.25, 0.3) is 11.5 Å². The molecule has 3 nitrogen and oxygen atoms in total. The van der Waals surface area contributed by atoms with Gasteiger partial charge in [-0.2, -0.15) is 4.98 Å². The summed E-state index contributed by atoms with van der Waals surface area (Å²) < 4.78 is 4.98. The molecule has 0 unspecified atom stereocenters. The van der Waals surface area contributed by atoms with Crippen molar-refractivity contribution in [3.8, 4) is 11.5 Å². The third kappa shape index (κ3) is 2.09. The molecule has 15 heavy (non-hydrogen) atoms. The predicted molar refractivity (Wildman–Crippen MR) is 59.5 cm³/mol. The number of hydrogen-bond acceptors (Lipinski definition) is 3. The Morgan fingerprint density at radius 1 is 1.13 bits per heavy atom. The summed E-state index contributed by atoms with van der Waals surface area (Å²) >= 11 is 17.7. The van der Waals surface area contributed by atoms with Gasteiger partial charge in [-0.05, 0) is 19.1 Å². The lowest BCUT2D eigenvalue weighted by Crippen LogP contribution is -1.82. The van der Waals surface area contributed by atoms with Gasteiger partial charge in [0.1, 0.15) is 0 Å². The van der Waals surface area contributed by atoms with E-state index in [0.29, 0.717) is 32.3 Å². The highest BCUT2D eigenvalue weighted by Gasteiger charge is 2.15. The van der Waals surface area contributed by atoms with Gasteiger partial charge in [0.05, 0.1) is 15.6 Å². The van der Waals surface area contributed by atoms with Gasteiger partial charge in [-0.25, -0.2) is 0 Å². The monoisotopic (exact) mass is 262 g/mol. The molecule has 2 rings (SSSR count). The van der Waals surface area contributed by atoms with Crippen LogP contribution in [0.5, 0.6) is 0 Å². The van der Waals surface area contributed by atoms with Crippen LogP contribution in [0.1, 0.15) is 5.82 Å². The van der Waals surface area contributed by atoms with E-state index >= 15 is 0 Å². The zero-order chi connectivity index (χ0) is 11.0. The van der Waals surface area contributed by atoms with Gasteiger partial charge >= 0.3 is 0 Å². The number of benzene rings is 1. The minimum Gasteiger partial charge on any atom is -0.334 e. The molecular formula is C9H5Cl3N2O. The highest BCUT2D eigenvalue weighted by atomic mass is 35.5. The normalized spacial score (nSPS) is 10.7. The van der Waals surface area contributed by atoms with Crippen molar-refractivity contribution in [3.05, 3.63) is 33.0 Å². The first kappa shape index (κ1) is 10.7. The van der Waals surface area contributed by atoms with Gasteiger partial charge in [0.15, 0.2) is 5.82 Å². The van der Waals surface area contributed by atoms with Crippen LogP contribution in [0.4, 0.5) is 0 Å². The molecule has 0 amide bonds.